The Labute approximate surface area is 172 Å². The van der Waals surface area contributed by atoms with Gasteiger partial charge in [-0.15, -0.1) is 0 Å². The normalized spacial score (nSPS) is 21.9. The quantitative estimate of drug-likeness (QED) is 0.717. The van der Waals surface area contributed by atoms with Crippen LogP contribution in [0.25, 0.3) is 0 Å². The van der Waals surface area contributed by atoms with E-state index < -0.39 is 21.8 Å². The summed E-state index contributed by atoms with van der Waals surface area (Å²) in [6.07, 6.45) is 10.1. The average Bonchev–Trinajstić information content (AvgIpc) is 3.21. The van der Waals surface area contributed by atoms with Crippen molar-refractivity contribution in [1.29, 1.82) is 0 Å². The molecule has 0 bridgehead atoms. The van der Waals surface area contributed by atoms with Crippen molar-refractivity contribution in [2.75, 3.05) is 19.5 Å². The van der Waals surface area contributed by atoms with Crippen molar-refractivity contribution in [2.24, 2.45) is 0 Å². The number of hydrogen-bond donors (Lipinski definition) is 1. The van der Waals surface area contributed by atoms with E-state index >= 15 is 0 Å². The highest BCUT2D eigenvalue weighted by Crippen LogP contribution is 2.33. The highest BCUT2D eigenvalue weighted by Gasteiger charge is 2.26. The number of ether oxygens (including phenoxy) is 2. The van der Waals surface area contributed by atoms with Crippen LogP contribution in [-0.4, -0.2) is 55.9 Å². The Morgan fingerprint density at radius 3 is 2.72 bits per heavy atom. The minimum atomic E-state index is -3.26. The second-order valence-electron chi connectivity index (χ2n) is 7.81. The molecule has 29 heavy (non-hydrogen) atoms. The fourth-order valence-electron chi connectivity index (χ4n) is 3.56. The summed E-state index contributed by atoms with van der Waals surface area (Å²) in [6, 6.07) is -0.474. The number of rotatable bonds is 7. The molecular formula is C20H29N3O5S. The molecule has 1 saturated heterocycles. The number of aromatic nitrogens is 2. The summed E-state index contributed by atoms with van der Waals surface area (Å²) in [5, 5.41) is 3.83. The maximum absolute atomic E-state index is 12.8. The van der Waals surface area contributed by atoms with Crippen LogP contribution in [0.1, 0.15) is 67.5 Å². The molecule has 0 radical (unpaired) electrons. The molecule has 1 aromatic rings. The number of carbonyl (C=O) groups excluding carboxylic acids is 1. The van der Waals surface area contributed by atoms with Gasteiger partial charge in [0.05, 0.1) is 6.61 Å². The monoisotopic (exact) mass is 423 g/mol. The molecule has 2 atom stereocenters. The highest BCUT2D eigenvalue weighted by molar-refractivity contribution is 7.93. The van der Waals surface area contributed by atoms with Crippen LogP contribution in [0.4, 0.5) is 0 Å². The molecule has 2 heterocycles. The minimum absolute atomic E-state index is 0.149. The number of hydrogen-bond acceptors (Lipinski definition) is 7. The first kappa shape index (κ1) is 21.7. The summed E-state index contributed by atoms with van der Waals surface area (Å²) < 4.78 is 34.1. The van der Waals surface area contributed by atoms with Gasteiger partial charge in [-0.3, -0.25) is 4.79 Å². The third-order valence-electron chi connectivity index (χ3n) is 5.11. The maximum Gasteiger partial charge on any atom is 0.258 e. The predicted octanol–water partition coefficient (Wildman–Crippen LogP) is 2.37. The van der Waals surface area contributed by atoms with Crippen molar-refractivity contribution in [3.05, 3.63) is 29.1 Å². The van der Waals surface area contributed by atoms with Crippen LogP contribution in [0, 0.1) is 0 Å². The molecule has 160 valence electrons. The van der Waals surface area contributed by atoms with Gasteiger partial charge in [0.15, 0.2) is 9.84 Å². The first-order valence-corrected chi connectivity index (χ1v) is 12.1. The zero-order valence-corrected chi connectivity index (χ0v) is 17.8. The summed E-state index contributed by atoms with van der Waals surface area (Å²) in [7, 11) is -3.26. The molecule has 1 aliphatic heterocycles. The highest BCUT2D eigenvalue weighted by atomic mass is 32.2. The number of carbonyl (C=O) groups is 1. The van der Waals surface area contributed by atoms with E-state index in [1.54, 1.807) is 6.92 Å². The van der Waals surface area contributed by atoms with Crippen molar-refractivity contribution in [1.82, 2.24) is 15.3 Å². The van der Waals surface area contributed by atoms with E-state index in [-0.39, 0.29) is 17.5 Å². The molecule has 2 fully saturated rings. The van der Waals surface area contributed by atoms with Gasteiger partial charge in [-0.2, -0.15) is 4.98 Å². The van der Waals surface area contributed by atoms with Gasteiger partial charge in [0.1, 0.15) is 17.5 Å². The molecule has 8 nitrogen and oxygen atoms in total. The van der Waals surface area contributed by atoms with Crippen LogP contribution in [0.5, 0.6) is 5.88 Å². The van der Waals surface area contributed by atoms with E-state index in [9.17, 15) is 13.2 Å². The van der Waals surface area contributed by atoms with Crippen molar-refractivity contribution < 1.29 is 22.7 Å². The van der Waals surface area contributed by atoms with E-state index in [1.807, 2.05) is 0 Å². The van der Waals surface area contributed by atoms with Gasteiger partial charge in [0.2, 0.25) is 5.88 Å². The second-order valence-corrected chi connectivity index (χ2v) is 9.74. The molecule has 1 saturated carbocycles. The Morgan fingerprint density at radius 2 is 2.07 bits per heavy atom. The van der Waals surface area contributed by atoms with E-state index in [0.29, 0.717) is 19.1 Å². The van der Waals surface area contributed by atoms with Crippen molar-refractivity contribution in [2.45, 2.75) is 63.5 Å². The van der Waals surface area contributed by atoms with Gasteiger partial charge >= 0.3 is 0 Å². The van der Waals surface area contributed by atoms with E-state index in [2.05, 4.69) is 15.3 Å². The van der Waals surface area contributed by atoms with Gasteiger partial charge < -0.3 is 14.8 Å². The summed E-state index contributed by atoms with van der Waals surface area (Å²) in [5.74, 6) is 0.888. The van der Waals surface area contributed by atoms with E-state index in [0.717, 1.165) is 56.0 Å². The lowest BCUT2D eigenvalue weighted by Gasteiger charge is -2.24. The summed E-state index contributed by atoms with van der Waals surface area (Å²) >= 11 is 0. The smallest absolute Gasteiger partial charge is 0.258 e. The summed E-state index contributed by atoms with van der Waals surface area (Å²) in [4.78, 5) is 21.8. The molecule has 0 aromatic carbocycles. The van der Waals surface area contributed by atoms with Gasteiger partial charge in [-0.05, 0) is 32.6 Å². The number of nitrogens with one attached hydrogen (secondary N) is 1. The average molecular weight is 424 g/mol. The van der Waals surface area contributed by atoms with E-state index in [1.165, 1.54) is 12.3 Å². The first-order chi connectivity index (χ1) is 13.8. The van der Waals surface area contributed by atoms with Crippen LogP contribution < -0.4 is 10.1 Å². The van der Waals surface area contributed by atoms with Crippen LogP contribution in [-0.2, 0) is 14.6 Å². The van der Waals surface area contributed by atoms with Gasteiger partial charge in [0, 0.05) is 36.4 Å². The number of sulfone groups is 1. The van der Waals surface area contributed by atoms with Gasteiger partial charge in [-0.25, -0.2) is 13.4 Å². The minimum Gasteiger partial charge on any atom is -0.471 e. The Balaban J connectivity index is 1.79. The molecule has 2 aliphatic rings. The zero-order chi connectivity index (χ0) is 20.9. The molecule has 0 spiro atoms. The van der Waals surface area contributed by atoms with Crippen LogP contribution in [0.2, 0.25) is 0 Å². The summed E-state index contributed by atoms with van der Waals surface area (Å²) in [6.45, 7) is 2.88. The van der Waals surface area contributed by atoms with Crippen LogP contribution in [0.3, 0.4) is 0 Å². The Hall–Kier alpha value is -2.00. The molecule has 9 heteroatoms. The molecule has 1 aliphatic carbocycles. The van der Waals surface area contributed by atoms with Crippen molar-refractivity contribution in [3.63, 3.8) is 0 Å². The number of nitrogens with zero attached hydrogens (tertiary/aromatic N) is 2. The second kappa shape index (κ2) is 9.67. The maximum atomic E-state index is 12.8. The fraction of sp³-hybridized carbons (Fsp3) is 0.650. The van der Waals surface area contributed by atoms with Crippen LogP contribution >= 0.6 is 0 Å². The summed E-state index contributed by atoms with van der Waals surface area (Å²) in [5.41, 5.74) is 0.247. The topological polar surface area (TPSA) is 107 Å². The van der Waals surface area contributed by atoms with Gasteiger partial charge in [-0.1, -0.05) is 18.9 Å². The Bertz CT molecular complexity index is 844. The Morgan fingerprint density at radius 1 is 1.31 bits per heavy atom. The molecule has 1 N–H and O–H groups in total. The predicted molar refractivity (Wildman–Crippen MR) is 109 cm³/mol. The fourth-order valence-corrected chi connectivity index (χ4v) is 4.08. The SMILES string of the molecule is CC(/C=C/S(C)(=O)=O)NC(=O)c1cnc(C2CCCC2)nc1O[C@H]1CCCOC1. The molecule has 1 unspecified atom stereocenters. The Kier molecular flexibility index (Phi) is 7.23. The molecule has 1 amide bonds. The standard InChI is InChI=1S/C20H29N3O5S/c1-14(9-11-29(2,25)26)22-19(24)17-12-21-18(15-6-3-4-7-15)23-20(17)28-16-8-5-10-27-13-16/h9,11-12,14-16H,3-8,10,13H2,1-2H3,(H,22,24)/b11-9+/t14?,16-/m0/s1. The van der Waals surface area contributed by atoms with Gasteiger partial charge in [0.25, 0.3) is 5.91 Å². The third-order valence-corrected chi connectivity index (χ3v) is 5.76. The lowest BCUT2D eigenvalue weighted by molar-refractivity contribution is 0.00491. The van der Waals surface area contributed by atoms with Crippen molar-refractivity contribution >= 4 is 15.7 Å². The number of amides is 1. The largest absolute Gasteiger partial charge is 0.471 e. The molecule has 1 aromatic heterocycles. The lowest BCUT2D eigenvalue weighted by atomic mass is 10.1. The first-order valence-electron chi connectivity index (χ1n) is 10.1. The van der Waals surface area contributed by atoms with Crippen molar-refractivity contribution in [3.8, 4) is 5.88 Å². The third kappa shape index (κ3) is 6.50. The zero-order valence-electron chi connectivity index (χ0n) is 17.0. The molecular weight excluding hydrogens is 394 g/mol. The lowest BCUT2D eigenvalue weighted by Crippen LogP contribution is -2.33. The van der Waals surface area contributed by atoms with E-state index in [4.69, 9.17) is 9.47 Å². The molecule has 3 rings (SSSR count). The van der Waals surface area contributed by atoms with Crippen LogP contribution in [0.15, 0.2) is 17.7 Å².